The standard InChI is InChI=1S/C21H19N3OS/c1-3-24-17-7-5-4-6-15(17)19-18(13-8-10-14(25-2)11-9-13)16(12-22)20(23)26-21(19)24/h4-11,18H,3,23H2,1-2H3. The van der Waals surface area contributed by atoms with Crippen LogP contribution < -0.4 is 10.5 Å². The lowest BCUT2D eigenvalue weighted by Gasteiger charge is -2.25. The summed E-state index contributed by atoms with van der Waals surface area (Å²) >= 11 is 1.50. The number of thioether (sulfide) groups is 1. The van der Waals surface area contributed by atoms with Gasteiger partial charge in [-0.05, 0) is 30.7 Å². The molecule has 0 saturated heterocycles. The largest absolute Gasteiger partial charge is 0.497 e. The molecule has 1 atom stereocenters. The smallest absolute Gasteiger partial charge is 0.118 e. The second-order valence-corrected chi connectivity index (χ2v) is 7.21. The number of aryl methyl sites for hydroxylation is 1. The summed E-state index contributed by atoms with van der Waals surface area (Å²) in [6, 6.07) is 18.6. The number of para-hydroxylation sites is 1. The maximum absolute atomic E-state index is 9.82. The number of nitrogens with zero attached hydrogens (tertiary/aromatic N) is 2. The Hall–Kier alpha value is -2.84. The van der Waals surface area contributed by atoms with E-state index in [1.54, 1.807) is 7.11 Å². The number of ether oxygens (including phenoxy) is 1. The minimum atomic E-state index is -0.167. The fraction of sp³-hybridized carbons (Fsp3) is 0.190. The Balaban J connectivity index is 2.02. The third-order valence-corrected chi connectivity index (χ3v) is 5.97. The van der Waals surface area contributed by atoms with Crippen LogP contribution in [0.15, 0.2) is 64.2 Å². The van der Waals surface area contributed by atoms with E-state index in [1.165, 1.54) is 28.2 Å². The van der Waals surface area contributed by atoms with Crippen LogP contribution in [0.5, 0.6) is 5.75 Å². The number of hydrogen-bond donors (Lipinski definition) is 1. The van der Waals surface area contributed by atoms with Crippen molar-refractivity contribution in [3.63, 3.8) is 0 Å². The predicted molar refractivity (Wildman–Crippen MR) is 105 cm³/mol. The van der Waals surface area contributed by atoms with Crippen molar-refractivity contribution >= 4 is 22.7 Å². The minimum absolute atomic E-state index is 0.167. The van der Waals surface area contributed by atoms with Gasteiger partial charge in [-0.15, -0.1) is 0 Å². The van der Waals surface area contributed by atoms with Crippen molar-refractivity contribution in [2.45, 2.75) is 24.4 Å². The SMILES string of the molecule is CCn1c2c(c3ccccc31)C(c1ccc(OC)cc1)C(C#N)=C(N)S2. The highest BCUT2D eigenvalue weighted by Gasteiger charge is 2.34. The molecule has 0 radical (unpaired) electrons. The maximum atomic E-state index is 9.82. The normalized spacial score (nSPS) is 16.4. The monoisotopic (exact) mass is 361 g/mol. The van der Waals surface area contributed by atoms with E-state index in [2.05, 4.69) is 35.8 Å². The van der Waals surface area contributed by atoms with Crippen molar-refractivity contribution in [2.75, 3.05) is 7.11 Å². The van der Waals surface area contributed by atoms with Gasteiger partial charge in [-0.1, -0.05) is 42.1 Å². The number of nitrogens with two attached hydrogens (primary N) is 1. The number of hydrogen-bond acceptors (Lipinski definition) is 4. The first-order chi connectivity index (χ1) is 12.7. The highest BCUT2D eigenvalue weighted by Crippen LogP contribution is 2.50. The van der Waals surface area contributed by atoms with E-state index < -0.39 is 0 Å². The molecule has 0 amide bonds. The second kappa shape index (κ2) is 6.47. The molecule has 4 nitrogen and oxygen atoms in total. The maximum Gasteiger partial charge on any atom is 0.118 e. The zero-order valence-electron chi connectivity index (χ0n) is 14.7. The van der Waals surface area contributed by atoms with Gasteiger partial charge in [0.2, 0.25) is 0 Å². The summed E-state index contributed by atoms with van der Waals surface area (Å²) in [7, 11) is 1.65. The predicted octanol–water partition coefficient (Wildman–Crippen LogP) is 4.60. The average Bonchev–Trinajstić information content (AvgIpc) is 3.00. The Morgan fingerprint density at radius 3 is 2.58 bits per heavy atom. The van der Waals surface area contributed by atoms with Crippen molar-refractivity contribution in [2.24, 2.45) is 5.73 Å². The number of methoxy groups -OCH3 is 1. The van der Waals surface area contributed by atoms with Gasteiger partial charge in [0, 0.05) is 28.9 Å². The van der Waals surface area contributed by atoms with Crippen LogP contribution in [0.3, 0.4) is 0 Å². The molecule has 0 bridgehead atoms. The lowest BCUT2D eigenvalue weighted by molar-refractivity contribution is 0.414. The molecule has 3 aromatic rings. The summed E-state index contributed by atoms with van der Waals surface area (Å²) in [5, 5.41) is 12.7. The molecule has 0 aliphatic carbocycles. The van der Waals surface area contributed by atoms with E-state index in [0.29, 0.717) is 10.6 Å². The van der Waals surface area contributed by atoms with E-state index in [9.17, 15) is 5.26 Å². The third-order valence-electron chi connectivity index (χ3n) is 4.90. The van der Waals surface area contributed by atoms with Crippen LogP contribution in [-0.2, 0) is 6.54 Å². The molecule has 130 valence electrons. The Bertz CT molecular complexity index is 1060. The number of benzene rings is 2. The number of rotatable bonds is 3. The van der Waals surface area contributed by atoms with E-state index in [-0.39, 0.29) is 5.92 Å². The molecule has 1 aliphatic rings. The number of aromatic nitrogens is 1. The van der Waals surface area contributed by atoms with Crippen LogP contribution in [0.2, 0.25) is 0 Å². The summed E-state index contributed by atoms with van der Waals surface area (Å²) in [5.41, 5.74) is 10.3. The van der Waals surface area contributed by atoms with Crippen LogP contribution in [0.4, 0.5) is 0 Å². The van der Waals surface area contributed by atoms with Crippen molar-refractivity contribution < 1.29 is 4.74 Å². The van der Waals surface area contributed by atoms with Gasteiger partial charge in [-0.2, -0.15) is 5.26 Å². The number of fused-ring (bicyclic) bond motifs is 3. The van der Waals surface area contributed by atoms with E-state index in [1.807, 2.05) is 30.3 Å². The lowest BCUT2D eigenvalue weighted by Crippen LogP contribution is -2.15. The van der Waals surface area contributed by atoms with Crippen molar-refractivity contribution in [3.8, 4) is 11.8 Å². The molecule has 0 fully saturated rings. The van der Waals surface area contributed by atoms with Crippen molar-refractivity contribution in [3.05, 3.63) is 70.3 Å². The highest BCUT2D eigenvalue weighted by molar-refractivity contribution is 8.03. The van der Waals surface area contributed by atoms with Crippen LogP contribution in [-0.4, -0.2) is 11.7 Å². The molecule has 0 spiro atoms. The summed E-state index contributed by atoms with van der Waals surface area (Å²) in [6.07, 6.45) is 0. The Morgan fingerprint density at radius 1 is 1.19 bits per heavy atom. The molecule has 2 N–H and O–H groups in total. The topological polar surface area (TPSA) is 64.0 Å². The summed E-state index contributed by atoms with van der Waals surface area (Å²) < 4.78 is 7.57. The van der Waals surface area contributed by atoms with Gasteiger partial charge in [-0.3, -0.25) is 0 Å². The second-order valence-electron chi connectivity index (χ2n) is 6.18. The molecule has 4 rings (SSSR count). The molecule has 26 heavy (non-hydrogen) atoms. The van der Waals surface area contributed by atoms with E-state index >= 15 is 0 Å². The molecule has 0 saturated carbocycles. The molecule has 1 aliphatic heterocycles. The van der Waals surface area contributed by atoms with Crippen LogP contribution in [0.25, 0.3) is 10.9 Å². The van der Waals surface area contributed by atoms with Crippen molar-refractivity contribution in [1.82, 2.24) is 4.57 Å². The first-order valence-corrected chi connectivity index (χ1v) is 9.33. The zero-order valence-corrected chi connectivity index (χ0v) is 15.5. The van der Waals surface area contributed by atoms with Gasteiger partial charge in [0.25, 0.3) is 0 Å². The van der Waals surface area contributed by atoms with Crippen LogP contribution in [0.1, 0.15) is 24.0 Å². The lowest BCUT2D eigenvalue weighted by atomic mass is 9.85. The number of nitriles is 1. The van der Waals surface area contributed by atoms with Crippen LogP contribution >= 0.6 is 11.8 Å². The molecule has 2 heterocycles. The highest BCUT2D eigenvalue weighted by atomic mass is 32.2. The van der Waals surface area contributed by atoms with E-state index in [4.69, 9.17) is 10.5 Å². The Kier molecular flexibility index (Phi) is 4.14. The van der Waals surface area contributed by atoms with Gasteiger partial charge < -0.3 is 15.0 Å². The quantitative estimate of drug-likeness (QED) is 0.740. The van der Waals surface area contributed by atoms with Gasteiger partial charge in [0.1, 0.15) is 5.75 Å². The molecule has 1 aromatic heterocycles. The fourth-order valence-corrected chi connectivity index (χ4v) is 4.86. The molecular weight excluding hydrogens is 342 g/mol. The first kappa shape index (κ1) is 16.6. The molecular formula is C21H19N3OS. The Labute approximate surface area is 156 Å². The third kappa shape index (κ3) is 2.38. The summed E-state index contributed by atoms with van der Waals surface area (Å²) in [5.74, 6) is 0.630. The molecule has 1 unspecified atom stereocenters. The summed E-state index contributed by atoms with van der Waals surface area (Å²) in [6.45, 7) is 2.99. The fourth-order valence-electron chi connectivity index (χ4n) is 3.70. The molecule has 5 heteroatoms. The van der Waals surface area contributed by atoms with Gasteiger partial charge in [0.05, 0.1) is 28.8 Å². The minimum Gasteiger partial charge on any atom is -0.497 e. The van der Waals surface area contributed by atoms with Crippen molar-refractivity contribution in [1.29, 1.82) is 5.26 Å². The average molecular weight is 361 g/mol. The molecule has 2 aromatic carbocycles. The first-order valence-electron chi connectivity index (χ1n) is 8.52. The number of allylic oxidation sites excluding steroid dienone is 1. The van der Waals surface area contributed by atoms with Gasteiger partial charge in [0.15, 0.2) is 0 Å². The summed E-state index contributed by atoms with van der Waals surface area (Å²) in [4.78, 5) is 0. The van der Waals surface area contributed by atoms with Gasteiger partial charge in [-0.25, -0.2) is 0 Å². The Morgan fingerprint density at radius 2 is 1.92 bits per heavy atom. The van der Waals surface area contributed by atoms with Gasteiger partial charge >= 0.3 is 0 Å². The van der Waals surface area contributed by atoms with E-state index in [0.717, 1.165) is 22.9 Å². The zero-order chi connectivity index (χ0) is 18.3. The van der Waals surface area contributed by atoms with Crippen LogP contribution in [0, 0.1) is 11.3 Å².